The van der Waals surface area contributed by atoms with Crippen LogP contribution in [0.1, 0.15) is 34.6 Å². The summed E-state index contributed by atoms with van der Waals surface area (Å²) in [5, 5.41) is 2.57. The van der Waals surface area contributed by atoms with Gasteiger partial charge in [-0.3, -0.25) is 4.79 Å². The standard InChI is InChI=1S/C16H24N2O3/c1-6-18(13-10-8-7-9-11-13)14(19)12(2)17-15(20)21-16(3,4)5/h7-12H,6H2,1-5H3,(H,17,20). The van der Waals surface area contributed by atoms with Crippen LogP contribution in [0.3, 0.4) is 0 Å². The van der Waals surface area contributed by atoms with E-state index in [0.717, 1.165) is 5.69 Å². The number of ether oxygens (including phenoxy) is 1. The molecule has 0 heterocycles. The number of carbonyl (C=O) groups is 2. The lowest BCUT2D eigenvalue weighted by Gasteiger charge is -2.26. The van der Waals surface area contributed by atoms with Crippen LogP contribution in [-0.4, -0.2) is 30.2 Å². The van der Waals surface area contributed by atoms with E-state index in [2.05, 4.69) is 5.32 Å². The maximum Gasteiger partial charge on any atom is 0.408 e. The number of alkyl carbamates (subject to hydrolysis) is 1. The van der Waals surface area contributed by atoms with Crippen molar-refractivity contribution in [1.29, 1.82) is 0 Å². The van der Waals surface area contributed by atoms with Crippen molar-refractivity contribution in [2.24, 2.45) is 0 Å². The zero-order chi connectivity index (χ0) is 16.0. The van der Waals surface area contributed by atoms with Crippen LogP contribution < -0.4 is 10.2 Å². The normalized spacial score (nSPS) is 12.4. The van der Waals surface area contributed by atoms with E-state index >= 15 is 0 Å². The predicted molar refractivity (Wildman–Crippen MR) is 83.3 cm³/mol. The minimum absolute atomic E-state index is 0.172. The Labute approximate surface area is 126 Å². The van der Waals surface area contributed by atoms with Gasteiger partial charge in [-0.05, 0) is 46.8 Å². The molecule has 1 rings (SSSR count). The maximum atomic E-state index is 12.4. The highest BCUT2D eigenvalue weighted by Crippen LogP contribution is 2.14. The van der Waals surface area contributed by atoms with Gasteiger partial charge in [0.2, 0.25) is 5.91 Å². The van der Waals surface area contributed by atoms with Crippen molar-refractivity contribution in [2.45, 2.75) is 46.3 Å². The molecule has 0 radical (unpaired) electrons. The number of hydrogen-bond acceptors (Lipinski definition) is 3. The van der Waals surface area contributed by atoms with Gasteiger partial charge < -0.3 is 15.0 Å². The number of carbonyl (C=O) groups excluding carboxylic acids is 2. The molecule has 0 aliphatic heterocycles. The molecule has 1 N–H and O–H groups in total. The molecular formula is C16H24N2O3. The zero-order valence-electron chi connectivity index (χ0n) is 13.3. The minimum atomic E-state index is -0.653. The van der Waals surface area contributed by atoms with Gasteiger partial charge in [-0.2, -0.15) is 0 Å². The van der Waals surface area contributed by atoms with Gasteiger partial charge in [0.15, 0.2) is 0 Å². The Hall–Kier alpha value is -2.04. The number of likely N-dealkylation sites (N-methyl/N-ethyl adjacent to an activating group) is 1. The number of amides is 2. The first-order valence-corrected chi connectivity index (χ1v) is 7.10. The van der Waals surface area contributed by atoms with Crippen molar-refractivity contribution in [2.75, 3.05) is 11.4 Å². The van der Waals surface area contributed by atoms with Crippen molar-refractivity contribution in [3.8, 4) is 0 Å². The summed E-state index contributed by atoms with van der Waals surface area (Å²) >= 11 is 0. The Bertz CT molecular complexity index is 480. The van der Waals surface area contributed by atoms with Crippen LogP contribution in [-0.2, 0) is 9.53 Å². The Balaban J connectivity index is 2.70. The lowest BCUT2D eigenvalue weighted by atomic mass is 10.2. The van der Waals surface area contributed by atoms with Crippen molar-refractivity contribution in [3.05, 3.63) is 30.3 Å². The quantitative estimate of drug-likeness (QED) is 0.928. The first-order chi connectivity index (χ1) is 9.74. The summed E-state index contributed by atoms with van der Waals surface area (Å²) in [6, 6.07) is 8.71. The van der Waals surface area contributed by atoms with E-state index in [9.17, 15) is 9.59 Å². The third-order valence-corrected chi connectivity index (χ3v) is 2.75. The molecule has 2 amide bonds. The molecule has 0 aliphatic carbocycles. The lowest BCUT2D eigenvalue weighted by Crippen LogP contribution is -2.48. The van der Waals surface area contributed by atoms with Gasteiger partial charge in [0.25, 0.3) is 0 Å². The molecule has 5 heteroatoms. The fraction of sp³-hybridized carbons (Fsp3) is 0.500. The molecule has 0 aromatic heterocycles. The molecule has 0 saturated heterocycles. The molecule has 0 bridgehead atoms. The summed E-state index contributed by atoms with van der Waals surface area (Å²) in [6.45, 7) is 9.41. The summed E-state index contributed by atoms with van der Waals surface area (Å²) in [4.78, 5) is 25.8. The predicted octanol–water partition coefficient (Wildman–Crippen LogP) is 2.95. The second-order valence-electron chi connectivity index (χ2n) is 5.79. The number of nitrogens with zero attached hydrogens (tertiary/aromatic N) is 1. The largest absolute Gasteiger partial charge is 0.444 e. The van der Waals surface area contributed by atoms with E-state index in [1.165, 1.54) is 0 Å². The average Bonchev–Trinajstić information content (AvgIpc) is 2.38. The molecule has 21 heavy (non-hydrogen) atoms. The van der Waals surface area contributed by atoms with Crippen LogP contribution in [0, 0.1) is 0 Å². The first kappa shape index (κ1) is 17.0. The molecule has 1 aromatic carbocycles. The van der Waals surface area contributed by atoms with Crippen LogP contribution in [0.4, 0.5) is 10.5 Å². The number of hydrogen-bond donors (Lipinski definition) is 1. The number of benzene rings is 1. The van der Waals surface area contributed by atoms with Gasteiger partial charge in [-0.25, -0.2) is 4.79 Å². The van der Waals surface area contributed by atoms with Crippen LogP contribution in [0.5, 0.6) is 0 Å². The number of nitrogens with one attached hydrogen (secondary N) is 1. The third kappa shape index (κ3) is 5.45. The lowest BCUT2D eigenvalue weighted by molar-refractivity contribution is -0.120. The van der Waals surface area contributed by atoms with Crippen LogP contribution >= 0.6 is 0 Å². The second kappa shape index (κ2) is 7.11. The molecule has 0 spiro atoms. The number of para-hydroxylation sites is 1. The number of rotatable bonds is 4. The minimum Gasteiger partial charge on any atom is -0.444 e. The van der Waals surface area contributed by atoms with Crippen LogP contribution in [0.25, 0.3) is 0 Å². The zero-order valence-corrected chi connectivity index (χ0v) is 13.3. The summed E-state index contributed by atoms with van der Waals surface area (Å²) < 4.78 is 5.16. The van der Waals surface area contributed by atoms with Gasteiger partial charge in [0.1, 0.15) is 11.6 Å². The van der Waals surface area contributed by atoms with Crippen molar-refractivity contribution < 1.29 is 14.3 Å². The fourth-order valence-corrected chi connectivity index (χ4v) is 1.85. The van der Waals surface area contributed by atoms with Gasteiger partial charge in [-0.15, -0.1) is 0 Å². The highest BCUT2D eigenvalue weighted by Gasteiger charge is 2.24. The summed E-state index contributed by atoms with van der Waals surface area (Å²) in [5.41, 5.74) is 0.222. The Kier molecular flexibility index (Phi) is 5.76. The summed E-state index contributed by atoms with van der Waals surface area (Å²) in [5.74, 6) is -0.172. The van der Waals surface area contributed by atoms with Crippen LogP contribution in [0.2, 0.25) is 0 Å². The Morgan fingerprint density at radius 3 is 2.29 bits per heavy atom. The molecule has 1 aromatic rings. The van der Waals surface area contributed by atoms with Crippen molar-refractivity contribution >= 4 is 17.7 Å². The molecule has 0 fully saturated rings. The SMILES string of the molecule is CCN(C(=O)C(C)NC(=O)OC(C)(C)C)c1ccccc1. The van der Waals surface area contributed by atoms with Crippen molar-refractivity contribution in [3.63, 3.8) is 0 Å². The average molecular weight is 292 g/mol. The van der Waals surface area contributed by atoms with Crippen LogP contribution in [0.15, 0.2) is 30.3 Å². The highest BCUT2D eigenvalue weighted by atomic mass is 16.6. The van der Waals surface area contributed by atoms with E-state index in [0.29, 0.717) is 6.54 Å². The number of anilines is 1. The molecule has 5 nitrogen and oxygen atoms in total. The maximum absolute atomic E-state index is 12.4. The Morgan fingerprint density at radius 1 is 1.24 bits per heavy atom. The molecule has 1 unspecified atom stereocenters. The Morgan fingerprint density at radius 2 is 1.81 bits per heavy atom. The van der Waals surface area contributed by atoms with Gasteiger partial charge in [0.05, 0.1) is 0 Å². The van der Waals surface area contributed by atoms with Gasteiger partial charge in [-0.1, -0.05) is 18.2 Å². The summed E-state index contributed by atoms with van der Waals surface area (Å²) in [6.07, 6.45) is -0.590. The molecule has 1 atom stereocenters. The van der Waals surface area contributed by atoms with Gasteiger partial charge in [0, 0.05) is 12.2 Å². The third-order valence-electron chi connectivity index (χ3n) is 2.75. The van der Waals surface area contributed by atoms with E-state index in [-0.39, 0.29) is 5.91 Å². The second-order valence-corrected chi connectivity index (χ2v) is 5.79. The van der Waals surface area contributed by atoms with E-state index in [1.807, 2.05) is 37.3 Å². The smallest absolute Gasteiger partial charge is 0.408 e. The summed E-state index contributed by atoms with van der Waals surface area (Å²) in [7, 11) is 0. The monoisotopic (exact) mass is 292 g/mol. The first-order valence-electron chi connectivity index (χ1n) is 7.10. The van der Waals surface area contributed by atoms with Crippen molar-refractivity contribution in [1.82, 2.24) is 5.32 Å². The van der Waals surface area contributed by atoms with Gasteiger partial charge >= 0.3 is 6.09 Å². The van der Waals surface area contributed by atoms with E-state index in [4.69, 9.17) is 4.74 Å². The van der Waals surface area contributed by atoms with E-state index < -0.39 is 17.7 Å². The fourth-order valence-electron chi connectivity index (χ4n) is 1.85. The molecule has 0 saturated carbocycles. The molecular weight excluding hydrogens is 268 g/mol. The highest BCUT2D eigenvalue weighted by molar-refractivity contribution is 5.98. The molecule has 0 aliphatic rings. The van der Waals surface area contributed by atoms with E-state index in [1.54, 1.807) is 32.6 Å². The molecule has 116 valence electrons. The topological polar surface area (TPSA) is 58.6 Å².